The van der Waals surface area contributed by atoms with Gasteiger partial charge >= 0.3 is 0 Å². The van der Waals surface area contributed by atoms with Gasteiger partial charge in [-0.15, -0.1) is 10.2 Å². The fourth-order valence-corrected chi connectivity index (χ4v) is 1.73. The maximum atomic E-state index is 5.61. The zero-order valence-corrected chi connectivity index (χ0v) is 9.90. The fraction of sp³-hybridized carbons (Fsp3) is 0.818. The fourth-order valence-electron chi connectivity index (χ4n) is 1.73. The van der Waals surface area contributed by atoms with Crippen LogP contribution in [0.25, 0.3) is 0 Å². The van der Waals surface area contributed by atoms with Crippen molar-refractivity contribution in [3.63, 3.8) is 0 Å². The van der Waals surface area contributed by atoms with Gasteiger partial charge in [-0.2, -0.15) is 0 Å². The van der Waals surface area contributed by atoms with Crippen LogP contribution < -0.4 is 5.32 Å². The van der Waals surface area contributed by atoms with Gasteiger partial charge < -0.3 is 14.5 Å². The zero-order valence-electron chi connectivity index (χ0n) is 9.90. The van der Waals surface area contributed by atoms with E-state index in [9.17, 15) is 0 Å². The molecule has 2 rings (SSSR count). The molecule has 0 amide bonds. The predicted molar refractivity (Wildman–Crippen MR) is 59.1 cm³/mol. The zero-order chi connectivity index (χ0) is 11.4. The summed E-state index contributed by atoms with van der Waals surface area (Å²) in [5, 5.41) is 11.4. The average molecular weight is 225 g/mol. The Labute approximate surface area is 95.6 Å². The molecular weight excluding hydrogens is 206 g/mol. The highest BCUT2D eigenvalue weighted by Gasteiger charge is 2.21. The number of rotatable bonds is 4. The lowest BCUT2D eigenvalue weighted by atomic mass is 10.0. The van der Waals surface area contributed by atoms with Crippen LogP contribution in [0.4, 0.5) is 0 Å². The Bertz CT molecular complexity index is 319. The largest absolute Gasteiger partial charge is 0.423 e. The van der Waals surface area contributed by atoms with Crippen molar-refractivity contribution in [1.29, 1.82) is 0 Å². The summed E-state index contributed by atoms with van der Waals surface area (Å²) in [5.74, 6) is 1.67. The maximum Gasteiger partial charge on any atom is 0.230 e. The van der Waals surface area contributed by atoms with Crippen molar-refractivity contribution < 1.29 is 9.15 Å². The summed E-state index contributed by atoms with van der Waals surface area (Å²) in [6, 6.07) is 0.424. The van der Waals surface area contributed by atoms with Crippen molar-refractivity contribution in [2.24, 2.45) is 0 Å². The molecule has 0 aromatic carbocycles. The first-order valence-electron chi connectivity index (χ1n) is 5.89. The van der Waals surface area contributed by atoms with Crippen LogP contribution in [0.2, 0.25) is 0 Å². The van der Waals surface area contributed by atoms with Crippen LogP contribution in [-0.2, 0) is 11.3 Å². The monoisotopic (exact) mass is 225 g/mol. The van der Waals surface area contributed by atoms with Gasteiger partial charge in [0.2, 0.25) is 11.8 Å². The Morgan fingerprint density at radius 2 is 2.31 bits per heavy atom. The minimum absolute atomic E-state index is 0.286. The third kappa shape index (κ3) is 3.02. The minimum Gasteiger partial charge on any atom is -0.423 e. The molecule has 1 fully saturated rings. The Morgan fingerprint density at radius 1 is 1.44 bits per heavy atom. The summed E-state index contributed by atoms with van der Waals surface area (Å²) >= 11 is 0. The van der Waals surface area contributed by atoms with Gasteiger partial charge in [0.15, 0.2) is 0 Å². The summed E-state index contributed by atoms with van der Waals surface area (Å²) in [6.45, 7) is 6.38. The Balaban J connectivity index is 1.90. The summed E-state index contributed by atoms with van der Waals surface area (Å²) in [6.07, 6.45) is 2.16. The van der Waals surface area contributed by atoms with Gasteiger partial charge in [0.05, 0.1) is 19.1 Å². The van der Waals surface area contributed by atoms with Crippen LogP contribution >= 0.6 is 0 Å². The van der Waals surface area contributed by atoms with Gasteiger partial charge in [-0.3, -0.25) is 0 Å². The van der Waals surface area contributed by atoms with Gasteiger partial charge in [-0.05, 0) is 12.8 Å². The molecule has 1 aromatic rings. The number of nitrogens with zero attached hydrogens (tertiary/aromatic N) is 2. The number of hydrogen-bond acceptors (Lipinski definition) is 5. The van der Waals surface area contributed by atoms with Crippen molar-refractivity contribution >= 4 is 0 Å². The molecule has 2 heterocycles. The molecule has 1 aliphatic rings. The molecule has 1 aromatic heterocycles. The highest BCUT2D eigenvalue weighted by molar-refractivity contribution is 4.92. The summed E-state index contributed by atoms with van der Waals surface area (Å²) in [5.41, 5.74) is 0. The molecule has 1 aliphatic heterocycles. The van der Waals surface area contributed by atoms with Crippen LogP contribution in [0.5, 0.6) is 0 Å². The van der Waals surface area contributed by atoms with Crippen LogP contribution in [0.15, 0.2) is 4.42 Å². The van der Waals surface area contributed by atoms with Gasteiger partial charge in [0.25, 0.3) is 0 Å². The van der Waals surface area contributed by atoms with Gasteiger partial charge in [-0.25, -0.2) is 0 Å². The van der Waals surface area contributed by atoms with E-state index in [0.717, 1.165) is 25.3 Å². The van der Waals surface area contributed by atoms with E-state index in [1.165, 1.54) is 0 Å². The van der Waals surface area contributed by atoms with Crippen LogP contribution in [0.1, 0.15) is 44.4 Å². The molecule has 5 heteroatoms. The lowest BCUT2D eigenvalue weighted by Gasteiger charge is -2.18. The first-order chi connectivity index (χ1) is 7.75. The van der Waals surface area contributed by atoms with Crippen molar-refractivity contribution in [2.45, 2.75) is 45.2 Å². The molecule has 0 spiro atoms. The van der Waals surface area contributed by atoms with E-state index < -0.39 is 0 Å². The number of aromatic nitrogens is 2. The van der Waals surface area contributed by atoms with E-state index >= 15 is 0 Å². The van der Waals surface area contributed by atoms with E-state index in [0.29, 0.717) is 25.1 Å². The molecule has 1 atom stereocenters. The normalized spacial score (nSPS) is 21.6. The quantitative estimate of drug-likeness (QED) is 0.840. The first-order valence-corrected chi connectivity index (χ1v) is 5.89. The molecule has 0 saturated carbocycles. The Hall–Kier alpha value is -0.940. The summed E-state index contributed by atoms with van der Waals surface area (Å²) in [7, 11) is 0. The molecule has 0 radical (unpaired) electrons. The number of ether oxygens (including phenoxy) is 1. The van der Waals surface area contributed by atoms with Gasteiger partial charge in [0, 0.05) is 12.6 Å². The molecule has 16 heavy (non-hydrogen) atoms. The highest BCUT2D eigenvalue weighted by atomic mass is 16.5. The molecule has 0 aliphatic carbocycles. The lowest BCUT2D eigenvalue weighted by molar-refractivity contribution is 0.0721. The maximum absolute atomic E-state index is 5.61. The predicted octanol–water partition coefficient (Wildman–Crippen LogP) is 1.46. The topological polar surface area (TPSA) is 60.2 Å². The Kier molecular flexibility index (Phi) is 3.90. The van der Waals surface area contributed by atoms with E-state index in [1.807, 2.05) is 0 Å². The first kappa shape index (κ1) is 11.5. The molecule has 90 valence electrons. The van der Waals surface area contributed by atoms with E-state index in [1.54, 1.807) is 0 Å². The molecular formula is C11H19N3O2. The van der Waals surface area contributed by atoms with Crippen molar-refractivity contribution in [2.75, 3.05) is 13.2 Å². The SMILES string of the molecule is CC(C)NCc1nnc(C2CCCOC2)o1. The third-order valence-electron chi connectivity index (χ3n) is 2.65. The van der Waals surface area contributed by atoms with E-state index in [2.05, 4.69) is 29.4 Å². The van der Waals surface area contributed by atoms with Gasteiger partial charge in [0.1, 0.15) is 0 Å². The molecule has 0 bridgehead atoms. The standard InChI is InChI=1S/C11H19N3O2/c1-8(2)12-6-10-13-14-11(16-10)9-4-3-5-15-7-9/h8-9,12H,3-7H2,1-2H3. The average Bonchev–Trinajstić information content (AvgIpc) is 2.76. The smallest absolute Gasteiger partial charge is 0.230 e. The van der Waals surface area contributed by atoms with Gasteiger partial charge in [-0.1, -0.05) is 13.8 Å². The van der Waals surface area contributed by atoms with Crippen LogP contribution in [-0.4, -0.2) is 29.5 Å². The second-order valence-electron chi connectivity index (χ2n) is 4.48. The second kappa shape index (κ2) is 5.41. The van der Waals surface area contributed by atoms with Crippen molar-refractivity contribution in [1.82, 2.24) is 15.5 Å². The summed E-state index contributed by atoms with van der Waals surface area (Å²) in [4.78, 5) is 0. The molecule has 1 N–H and O–H groups in total. The Morgan fingerprint density at radius 3 is 3.00 bits per heavy atom. The van der Waals surface area contributed by atoms with Crippen molar-refractivity contribution in [3.05, 3.63) is 11.8 Å². The molecule has 1 saturated heterocycles. The van der Waals surface area contributed by atoms with Crippen LogP contribution in [0.3, 0.4) is 0 Å². The minimum atomic E-state index is 0.286. The third-order valence-corrected chi connectivity index (χ3v) is 2.65. The second-order valence-corrected chi connectivity index (χ2v) is 4.48. The molecule has 5 nitrogen and oxygen atoms in total. The number of nitrogens with one attached hydrogen (secondary N) is 1. The van der Waals surface area contributed by atoms with E-state index in [4.69, 9.17) is 9.15 Å². The lowest BCUT2D eigenvalue weighted by Crippen LogP contribution is -2.21. The molecule has 1 unspecified atom stereocenters. The van der Waals surface area contributed by atoms with Crippen molar-refractivity contribution in [3.8, 4) is 0 Å². The summed E-state index contributed by atoms with van der Waals surface area (Å²) < 4.78 is 11.0. The highest BCUT2D eigenvalue weighted by Crippen LogP contribution is 2.23. The van der Waals surface area contributed by atoms with E-state index in [-0.39, 0.29) is 5.92 Å². The number of hydrogen-bond donors (Lipinski definition) is 1. The van der Waals surface area contributed by atoms with Crippen LogP contribution in [0, 0.1) is 0 Å².